The zero-order valence-electron chi connectivity index (χ0n) is 10.5. The van der Waals surface area contributed by atoms with Gasteiger partial charge in [-0.1, -0.05) is 69.2 Å². The van der Waals surface area contributed by atoms with E-state index in [1.165, 1.54) is 50.5 Å². The largest absolute Gasteiger partial charge is 0.489 e. The molecule has 0 saturated heterocycles. The highest BCUT2D eigenvalue weighted by Gasteiger charge is 2.01. The van der Waals surface area contributed by atoms with Crippen molar-refractivity contribution in [3.05, 3.63) is 35.9 Å². The molecule has 1 nitrogen and oxygen atoms in total. The first-order valence-corrected chi connectivity index (χ1v) is 6.85. The van der Waals surface area contributed by atoms with Crippen LogP contribution in [0.15, 0.2) is 30.3 Å². The summed E-state index contributed by atoms with van der Waals surface area (Å²) >= 11 is 0. The number of benzene rings is 1. The molecular weight excluding hydrogens is 208 g/mol. The maximum absolute atomic E-state index is 5.34. The fourth-order valence-electron chi connectivity index (χ4n) is 2.30. The minimum Gasteiger partial charge on any atom is -0.489 e. The van der Waals surface area contributed by atoms with Crippen LogP contribution in [0.2, 0.25) is 0 Å². The molecule has 0 N–H and O–H groups in total. The summed E-state index contributed by atoms with van der Waals surface area (Å²) in [5.41, 5.74) is 1.17. The van der Waals surface area contributed by atoms with Crippen molar-refractivity contribution in [2.45, 2.75) is 44.9 Å². The Hall–Kier alpha value is -1.24. The van der Waals surface area contributed by atoms with Gasteiger partial charge in [0.25, 0.3) is 0 Å². The molecule has 92 valence electrons. The average molecular weight is 230 g/mol. The summed E-state index contributed by atoms with van der Waals surface area (Å²) in [5, 5.41) is 0. The van der Waals surface area contributed by atoms with Gasteiger partial charge in [-0.2, -0.15) is 0 Å². The van der Waals surface area contributed by atoms with E-state index in [-0.39, 0.29) is 0 Å². The Morgan fingerprint density at radius 3 is 1.94 bits per heavy atom. The van der Waals surface area contributed by atoms with Crippen LogP contribution in [0, 0.1) is 0 Å². The molecule has 1 aromatic rings. The van der Waals surface area contributed by atoms with Crippen LogP contribution >= 0.6 is 0 Å². The fourth-order valence-corrected chi connectivity index (χ4v) is 2.30. The van der Waals surface area contributed by atoms with Crippen LogP contribution in [0.5, 0.6) is 5.75 Å². The number of fused-ring (bicyclic) bond motifs is 1. The van der Waals surface area contributed by atoms with Crippen LogP contribution in [-0.4, -0.2) is 6.61 Å². The number of hydrogen-bond donors (Lipinski definition) is 0. The van der Waals surface area contributed by atoms with E-state index >= 15 is 0 Å². The molecule has 0 radical (unpaired) electrons. The van der Waals surface area contributed by atoms with Gasteiger partial charge in [-0.05, 0) is 12.1 Å². The van der Waals surface area contributed by atoms with Crippen LogP contribution in [0.25, 0.3) is 6.08 Å². The third-order valence-corrected chi connectivity index (χ3v) is 3.30. The second-order valence-corrected chi connectivity index (χ2v) is 4.73. The van der Waals surface area contributed by atoms with E-state index < -0.39 is 0 Å². The molecule has 1 aliphatic carbocycles. The predicted octanol–water partition coefficient (Wildman–Crippen LogP) is 4.82. The normalized spacial score (nSPS) is 18.1. The molecule has 3 rings (SSSR count). The third-order valence-electron chi connectivity index (χ3n) is 3.30. The Bertz CT molecular complexity index is 335. The molecule has 0 amide bonds. The Labute approximate surface area is 104 Å². The van der Waals surface area contributed by atoms with E-state index in [9.17, 15) is 0 Å². The smallest absolute Gasteiger partial charge is 0.126 e. The highest BCUT2D eigenvalue weighted by Crippen LogP contribution is 2.21. The van der Waals surface area contributed by atoms with Gasteiger partial charge in [0.05, 0.1) is 0 Å². The molecule has 17 heavy (non-hydrogen) atoms. The standard InChI is InChI=1S/C9H8O.C7H14/c1-2-6-9-8(4-1)5-3-7-10-9;1-2-4-6-7-5-3-1/h1-6H,7H2;1-7H2. The molecule has 1 heterocycles. The molecule has 1 saturated carbocycles. The third kappa shape index (κ3) is 4.26. The van der Waals surface area contributed by atoms with Gasteiger partial charge in [0.15, 0.2) is 0 Å². The monoisotopic (exact) mass is 230 g/mol. The summed E-state index contributed by atoms with van der Waals surface area (Å²) in [5.74, 6) is 0.991. The Morgan fingerprint density at radius 2 is 1.35 bits per heavy atom. The van der Waals surface area contributed by atoms with Crippen molar-refractivity contribution in [3.8, 4) is 5.75 Å². The van der Waals surface area contributed by atoms with Gasteiger partial charge < -0.3 is 4.74 Å². The fraction of sp³-hybridized carbons (Fsp3) is 0.500. The Morgan fingerprint density at radius 1 is 0.765 bits per heavy atom. The minimum absolute atomic E-state index is 0.705. The molecule has 0 atom stereocenters. The molecular formula is C16H22O. The van der Waals surface area contributed by atoms with Crippen molar-refractivity contribution in [3.63, 3.8) is 0 Å². The second kappa shape index (κ2) is 7.16. The Kier molecular flexibility index (Phi) is 5.15. The summed E-state index contributed by atoms with van der Waals surface area (Å²) in [6, 6.07) is 8.03. The molecule has 0 unspecified atom stereocenters. The minimum atomic E-state index is 0.705. The molecule has 2 aliphatic rings. The van der Waals surface area contributed by atoms with Crippen molar-refractivity contribution < 1.29 is 4.74 Å². The quantitative estimate of drug-likeness (QED) is 0.580. The summed E-state index contributed by atoms with van der Waals surface area (Å²) in [7, 11) is 0. The molecule has 1 aliphatic heterocycles. The van der Waals surface area contributed by atoms with E-state index in [1.807, 2.05) is 30.3 Å². The van der Waals surface area contributed by atoms with Crippen molar-refractivity contribution >= 4 is 6.08 Å². The zero-order valence-corrected chi connectivity index (χ0v) is 10.5. The molecule has 1 aromatic carbocycles. The zero-order chi connectivity index (χ0) is 11.8. The number of rotatable bonds is 0. The van der Waals surface area contributed by atoms with Crippen LogP contribution < -0.4 is 4.74 Å². The molecule has 1 heteroatoms. The summed E-state index contributed by atoms with van der Waals surface area (Å²) in [4.78, 5) is 0. The van der Waals surface area contributed by atoms with E-state index in [2.05, 4.69) is 6.08 Å². The van der Waals surface area contributed by atoms with E-state index in [0.29, 0.717) is 6.61 Å². The lowest BCUT2D eigenvalue weighted by molar-refractivity contribution is 0.358. The second-order valence-electron chi connectivity index (χ2n) is 4.73. The highest BCUT2D eigenvalue weighted by atomic mass is 16.5. The van der Waals surface area contributed by atoms with E-state index in [1.54, 1.807) is 0 Å². The number of ether oxygens (including phenoxy) is 1. The maximum Gasteiger partial charge on any atom is 0.126 e. The van der Waals surface area contributed by atoms with E-state index in [0.717, 1.165) is 5.75 Å². The highest BCUT2D eigenvalue weighted by molar-refractivity contribution is 5.58. The first-order chi connectivity index (χ1) is 8.47. The topological polar surface area (TPSA) is 9.23 Å². The molecule has 1 fully saturated rings. The van der Waals surface area contributed by atoms with E-state index in [4.69, 9.17) is 4.74 Å². The summed E-state index contributed by atoms with van der Waals surface area (Å²) < 4.78 is 5.34. The van der Waals surface area contributed by atoms with Gasteiger partial charge in [0.2, 0.25) is 0 Å². The lowest BCUT2D eigenvalue weighted by atomic mass is 10.1. The maximum atomic E-state index is 5.34. The molecule has 0 aromatic heterocycles. The van der Waals surface area contributed by atoms with Crippen molar-refractivity contribution in [2.24, 2.45) is 0 Å². The van der Waals surface area contributed by atoms with Crippen LogP contribution in [-0.2, 0) is 0 Å². The summed E-state index contributed by atoms with van der Waals surface area (Å²) in [6.45, 7) is 0.705. The summed E-state index contributed by atoms with van der Waals surface area (Å²) in [6.07, 6.45) is 14.6. The van der Waals surface area contributed by atoms with Gasteiger partial charge in [-0.3, -0.25) is 0 Å². The first-order valence-electron chi connectivity index (χ1n) is 6.85. The van der Waals surface area contributed by atoms with Crippen LogP contribution in [0.4, 0.5) is 0 Å². The lowest BCUT2D eigenvalue weighted by Gasteiger charge is -2.10. The average Bonchev–Trinajstić information content (AvgIpc) is 2.72. The van der Waals surface area contributed by atoms with Gasteiger partial charge in [0.1, 0.15) is 12.4 Å². The SMILES string of the molecule is C1=Cc2ccccc2OC1.C1CCCCCC1. The van der Waals surface area contributed by atoms with Crippen LogP contribution in [0.3, 0.4) is 0 Å². The molecule has 0 bridgehead atoms. The Balaban J connectivity index is 0.000000136. The first kappa shape index (κ1) is 12.2. The van der Waals surface area contributed by atoms with Gasteiger partial charge in [-0.25, -0.2) is 0 Å². The molecule has 0 spiro atoms. The predicted molar refractivity (Wildman–Crippen MR) is 73.3 cm³/mol. The number of para-hydroxylation sites is 1. The van der Waals surface area contributed by atoms with Crippen molar-refractivity contribution in [1.82, 2.24) is 0 Å². The number of hydrogen-bond acceptors (Lipinski definition) is 1. The van der Waals surface area contributed by atoms with Crippen molar-refractivity contribution in [1.29, 1.82) is 0 Å². The van der Waals surface area contributed by atoms with Crippen LogP contribution in [0.1, 0.15) is 50.5 Å². The van der Waals surface area contributed by atoms with Gasteiger partial charge in [-0.15, -0.1) is 0 Å². The van der Waals surface area contributed by atoms with Gasteiger partial charge in [0, 0.05) is 5.56 Å². The lowest BCUT2D eigenvalue weighted by Crippen LogP contribution is -1.98. The van der Waals surface area contributed by atoms with Gasteiger partial charge >= 0.3 is 0 Å². The van der Waals surface area contributed by atoms with Crippen molar-refractivity contribution in [2.75, 3.05) is 6.61 Å².